The summed E-state index contributed by atoms with van der Waals surface area (Å²) in [6, 6.07) is 5.41. The van der Waals surface area contributed by atoms with E-state index in [1.54, 1.807) is 12.3 Å². The summed E-state index contributed by atoms with van der Waals surface area (Å²) < 4.78 is 0. The molecule has 16 heavy (non-hydrogen) atoms. The Labute approximate surface area is 97.6 Å². The Morgan fingerprint density at radius 2 is 2.12 bits per heavy atom. The highest BCUT2D eigenvalue weighted by molar-refractivity contribution is 6.35. The molecule has 0 aliphatic rings. The van der Waals surface area contributed by atoms with Crippen LogP contribution in [0.4, 0.5) is 0 Å². The SMILES string of the molecule is NCC(O)C(O)c1c[nH]c2cccc(Cl)c12. The summed E-state index contributed by atoms with van der Waals surface area (Å²) in [7, 11) is 0. The predicted molar refractivity (Wildman–Crippen MR) is 63.3 cm³/mol. The standard InChI is InChI=1S/C11H13ClN2O2/c12-7-2-1-3-8-10(7)6(5-14-8)11(16)9(15)4-13/h1-3,5,9,11,14-16H,4,13H2. The molecule has 0 aliphatic carbocycles. The van der Waals surface area contributed by atoms with E-state index in [4.69, 9.17) is 17.3 Å². The van der Waals surface area contributed by atoms with Crippen molar-refractivity contribution in [3.05, 3.63) is 35.0 Å². The van der Waals surface area contributed by atoms with E-state index in [1.165, 1.54) is 0 Å². The van der Waals surface area contributed by atoms with Crippen LogP contribution in [0.25, 0.3) is 10.9 Å². The maximum Gasteiger partial charge on any atom is 0.108 e. The van der Waals surface area contributed by atoms with Gasteiger partial charge in [-0.1, -0.05) is 17.7 Å². The van der Waals surface area contributed by atoms with Gasteiger partial charge in [-0.25, -0.2) is 0 Å². The zero-order valence-corrected chi connectivity index (χ0v) is 9.28. The number of hydrogen-bond acceptors (Lipinski definition) is 3. The number of aromatic nitrogens is 1. The molecular formula is C11H13ClN2O2. The molecular weight excluding hydrogens is 228 g/mol. The average Bonchev–Trinajstić information content (AvgIpc) is 2.72. The van der Waals surface area contributed by atoms with Gasteiger partial charge in [0.05, 0.1) is 11.1 Å². The van der Waals surface area contributed by atoms with Crippen LogP contribution in [0, 0.1) is 0 Å². The third kappa shape index (κ3) is 1.81. The first-order valence-electron chi connectivity index (χ1n) is 4.97. The molecule has 0 radical (unpaired) electrons. The van der Waals surface area contributed by atoms with Crippen molar-refractivity contribution in [2.45, 2.75) is 12.2 Å². The quantitative estimate of drug-likeness (QED) is 0.650. The van der Waals surface area contributed by atoms with Crippen molar-refractivity contribution < 1.29 is 10.2 Å². The Balaban J connectivity index is 2.53. The first-order valence-corrected chi connectivity index (χ1v) is 5.34. The summed E-state index contributed by atoms with van der Waals surface area (Å²) >= 11 is 6.05. The molecule has 2 atom stereocenters. The largest absolute Gasteiger partial charge is 0.389 e. The minimum atomic E-state index is -1.03. The van der Waals surface area contributed by atoms with Crippen LogP contribution in [-0.4, -0.2) is 27.8 Å². The molecule has 0 bridgehead atoms. The van der Waals surface area contributed by atoms with Crippen molar-refractivity contribution >= 4 is 22.5 Å². The van der Waals surface area contributed by atoms with E-state index in [0.717, 1.165) is 10.9 Å². The lowest BCUT2D eigenvalue weighted by molar-refractivity contribution is 0.0252. The van der Waals surface area contributed by atoms with Gasteiger partial charge in [-0.2, -0.15) is 0 Å². The van der Waals surface area contributed by atoms with Crippen molar-refractivity contribution in [1.29, 1.82) is 0 Å². The summed E-state index contributed by atoms with van der Waals surface area (Å²) in [6.45, 7) is -0.00169. The molecule has 1 heterocycles. The van der Waals surface area contributed by atoms with E-state index in [9.17, 15) is 10.2 Å². The zero-order valence-electron chi connectivity index (χ0n) is 8.52. The number of fused-ring (bicyclic) bond motifs is 1. The first kappa shape index (κ1) is 11.4. The Morgan fingerprint density at radius 3 is 2.81 bits per heavy atom. The fourth-order valence-electron chi connectivity index (χ4n) is 1.73. The average molecular weight is 241 g/mol. The van der Waals surface area contributed by atoms with Crippen molar-refractivity contribution in [2.24, 2.45) is 5.73 Å². The van der Waals surface area contributed by atoms with Gasteiger partial charge in [0.15, 0.2) is 0 Å². The van der Waals surface area contributed by atoms with Crippen LogP contribution in [0.2, 0.25) is 5.02 Å². The number of halogens is 1. The van der Waals surface area contributed by atoms with E-state index < -0.39 is 12.2 Å². The number of nitrogens with one attached hydrogen (secondary N) is 1. The number of aliphatic hydroxyl groups excluding tert-OH is 2. The topological polar surface area (TPSA) is 82.3 Å². The zero-order chi connectivity index (χ0) is 11.7. The van der Waals surface area contributed by atoms with E-state index >= 15 is 0 Å². The lowest BCUT2D eigenvalue weighted by Crippen LogP contribution is -2.27. The van der Waals surface area contributed by atoms with E-state index in [0.29, 0.717) is 10.6 Å². The molecule has 2 unspecified atom stereocenters. The maximum absolute atomic E-state index is 9.89. The minimum absolute atomic E-state index is 0.00169. The van der Waals surface area contributed by atoms with E-state index in [1.807, 2.05) is 12.1 Å². The molecule has 1 aromatic carbocycles. The fraction of sp³-hybridized carbons (Fsp3) is 0.273. The molecule has 0 spiro atoms. The van der Waals surface area contributed by atoms with E-state index in [2.05, 4.69) is 4.98 Å². The number of aliphatic hydroxyl groups is 2. The van der Waals surface area contributed by atoms with Gasteiger partial charge in [-0.05, 0) is 12.1 Å². The van der Waals surface area contributed by atoms with Crippen molar-refractivity contribution in [3.63, 3.8) is 0 Å². The molecule has 1 aromatic heterocycles. The normalized spacial score (nSPS) is 15.2. The monoisotopic (exact) mass is 240 g/mol. The van der Waals surface area contributed by atoms with Gasteiger partial charge in [-0.15, -0.1) is 0 Å². The molecule has 0 saturated heterocycles. The number of benzene rings is 1. The molecule has 0 fully saturated rings. The molecule has 0 saturated carbocycles. The van der Waals surface area contributed by atoms with Crippen LogP contribution in [-0.2, 0) is 0 Å². The summed E-state index contributed by atoms with van der Waals surface area (Å²) in [4.78, 5) is 2.99. The van der Waals surface area contributed by atoms with Crippen LogP contribution in [0.1, 0.15) is 11.7 Å². The van der Waals surface area contributed by atoms with Crippen molar-refractivity contribution in [3.8, 4) is 0 Å². The van der Waals surface area contributed by atoms with Crippen molar-refractivity contribution in [1.82, 2.24) is 4.98 Å². The molecule has 2 rings (SSSR count). The smallest absolute Gasteiger partial charge is 0.108 e. The fourth-order valence-corrected chi connectivity index (χ4v) is 2.02. The highest BCUT2D eigenvalue weighted by Gasteiger charge is 2.21. The Hall–Kier alpha value is -1.07. The molecule has 0 aliphatic heterocycles. The number of aromatic amines is 1. The van der Waals surface area contributed by atoms with Gasteiger partial charge >= 0.3 is 0 Å². The third-order valence-electron chi connectivity index (χ3n) is 2.61. The first-order chi connectivity index (χ1) is 7.65. The maximum atomic E-state index is 9.89. The predicted octanol–water partition coefficient (Wildman–Crippen LogP) is 1.17. The highest BCUT2D eigenvalue weighted by Crippen LogP contribution is 2.31. The van der Waals surface area contributed by atoms with Crippen LogP contribution in [0.15, 0.2) is 24.4 Å². The summed E-state index contributed by atoms with van der Waals surface area (Å²) in [6.07, 6.45) is -0.381. The molecule has 0 amide bonds. The molecule has 2 aromatic rings. The summed E-state index contributed by atoms with van der Waals surface area (Å²) in [5.41, 5.74) is 6.70. The van der Waals surface area contributed by atoms with Gasteiger partial charge in [0.2, 0.25) is 0 Å². The second-order valence-corrected chi connectivity index (χ2v) is 4.06. The second-order valence-electron chi connectivity index (χ2n) is 3.65. The molecule has 5 N–H and O–H groups in total. The van der Waals surface area contributed by atoms with Gasteiger partial charge in [-0.3, -0.25) is 0 Å². The van der Waals surface area contributed by atoms with E-state index in [-0.39, 0.29) is 6.54 Å². The Kier molecular flexibility index (Phi) is 3.16. The number of hydrogen-bond donors (Lipinski definition) is 4. The molecule has 5 heteroatoms. The van der Waals surface area contributed by atoms with Gasteiger partial charge in [0, 0.05) is 29.2 Å². The number of rotatable bonds is 3. The lowest BCUT2D eigenvalue weighted by atomic mass is 10.0. The van der Waals surface area contributed by atoms with Gasteiger partial charge < -0.3 is 20.9 Å². The van der Waals surface area contributed by atoms with Crippen LogP contribution < -0.4 is 5.73 Å². The lowest BCUT2D eigenvalue weighted by Gasteiger charge is -2.15. The number of nitrogens with two attached hydrogens (primary N) is 1. The van der Waals surface area contributed by atoms with Crippen LogP contribution >= 0.6 is 11.6 Å². The van der Waals surface area contributed by atoms with Gasteiger partial charge in [0.1, 0.15) is 6.10 Å². The minimum Gasteiger partial charge on any atom is -0.389 e. The van der Waals surface area contributed by atoms with Gasteiger partial charge in [0.25, 0.3) is 0 Å². The Morgan fingerprint density at radius 1 is 1.38 bits per heavy atom. The summed E-state index contributed by atoms with van der Waals surface area (Å²) in [5.74, 6) is 0. The summed E-state index contributed by atoms with van der Waals surface area (Å²) in [5, 5.41) is 20.7. The number of H-pyrrole nitrogens is 1. The molecule has 4 nitrogen and oxygen atoms in total. The third-order valence-corrected chi connectivity index (χ3v) is 2.93. The van der Waals surface area contributed by atoms with Crippen LogP contribution in [0.5, 0.6) is 0 Å². The second kappa shape index (κ2) is 4.43. The van der Waals surface area contributed by atoms with Crippen LogP contribution in [0.3, 0.4) is 0 Å². The highest BCUT2D eigenvalue weighted by atomic mass is 35.5. The molecule has 86 valence electrons. The Bertz CT molecular complexity index is 498. The van der Waals surface area contributed by atoms with Crippen molar-refractivity contribution in [2.75, 3.05) is 6.54 Å².